The molecular formula is C8H5F5. The molecular weight excluding hydrogens is 191 g/mol. The molecule has 0 atom stereocenters. The number of alkyl halides is 4. The molecule has 0 nitrogen and oxygen atoms in total. The van der Waals surface area contributed by atoms with Crippen LogP contribution in [0.1, 0.15) is 11.1 Å². The van der Waals surface area contributed by atoms with Gasteiger partial charge in [0.1, 0.15) is 12.5 Å². The van der Waals surface area contributed by atoms with Gasteiger partial charge in [-0.1, -0.05) is 6.07 Å². The van der Waals surface area contributed by atoms with Crippen molar-refractivity contribution in [3.63, 3.8) is 0 Å². The summed E-state index contributed by atoms with van der Waals surface area (Å²) >= 11 is 0. The fourth-order valence-corrected chi connectivity index (χ4v) is 0.873. The van der Waals surface area contributed by atoms with Gasteiger partial charge in [0.2, 0.25) is 0 Å². The minimum atomic E-state index is -4.77. The summed E-state index contributed by atoms with van der Waals surface area (Å²) in [5.74, 6) is -1.38. The molecule has 1 aromatic carbocycles. The SMILES string of the molecule is FCc1ccc(F)c(C(F)(F)F)c1. The van der Waals surface area contributed by atoms with E-state index in [4.69, 9.17) is 0 Å². The molecule has 1 rings (SSSR count). The van der Waals surface area contributed by atoms with E-state index >= 15 is 0 Å². The number of hydrogen-bond acceptors (Lipinski definition) is 0. The Kier molecular flexibility index (Phi) is 2.54. The maximum Gasteiger partial charge on any atom is 0.419 e. The van der Waals surface area contributed by atoms with Gasteiger partial charge in [0.05, 0.1) is 5.56 Å². The van der Waals surface area contributed by atoms with Gasteiger partial charge in [0.15, 0.2) is 0 Å². The molecule has 5 heteroatoms. The van der Waals surface area contributed by atoms with Crippen molar-refractivity contribution in [2.24, 2.45) is 0 Å². The Morgan fingerprint density at radius 1 is 1.15 bits per heavy atom. The summed E-state index contributed by atoms with van der Waals surface area (Å²) in [7, 11) is 0. The van der Waals surface area contributed by atoms with E-state index in [1.165, 1.54) is 0 Å². The Morgan fingerprint density at radius 3 is 2.23 bits per heavy atom. The molecule has 13 heavy (non-hydrogen) atoms. The van der Waals surface area contributed by atoms with Gasteiger partial charge in [-0.15, -0.1) is 0 Å². The van der Waals surface area contributed by atoms with Crippen LogP contribution in [0.25, 0.3) is 0 Å². The lowest BCUT2D eigenvalue weighted by Gasteiger charge is -2.08. The van der Waals surface area contributed by atoms with Crippen molar-refractivity contribution in [1.82, 2.24) is 0 Å². The fraction of sp³-hybridized carbons (Fsp3) is 0.250. The smallest absolute Gasteiger partial charge is 0.246 e. The van der Waals surface area contributed by atoms with Crippen LogP contribution in [-0.4, -0.2) is 0 Å². The molecule has 0 aromatic heterocycles. The first kappa shape index (κ1) is 9.95. The van der Waals surface area contributed by atoms with E-state index in [9.17, 15) is 22.0 Å². The third-order valence-corrected chi connectivity index (χ3v) is 1.49. The number of benzene rings is 1. The second-order valence-corrected chi connectivity index (χ2v) is 2.45. The Labute approximate surface area is 71.0 Å². The summed E-state index contributed by atoms with van der Waals surface area (Å²) in [5, 5.41) is 0. The molecule has 0 aliphatic carbocycles. The van der Waals surface area contributed by atoms with Crippen LogP contribution in [0.5, 0.6) is 0 Å². The van der Waals surface area contributed by atoms with Crippen LogP contribution in [0, 0.1) is 5.82 Å². The highest BCUT2D eigenvalue weighted by atomic mass is 19.4. The highest BCUT2D eigenvalue weighted by Crippen LogP contribution is 2.31. The number of rotatable bonds is 1. The van der Waals surface area contributed by atoms with Crippen molar-refractivity contribution < 1.29 is 22.0 Å². The number of hydrogen-bond donors (Lipinski definition) is 0. The van der Waals surface area contributed by atoms with Gasteiger partial charge >= 0.3 is 6.18 Å². The molecule has 72 valence electrons. The van der Waals surface area contributed by atoms with E-state index in [2.05, 4.69) is 0 Å². The highest BCUT2D eigenvalue weighted by molar-refractivity contribution is 5.26. The van der Waals surface area contributed by atoms with Gasteiger partial charge in [0.25, 0.3) is 0 Å². The zero-order valence-corrected chi connectivity index (χ0v) is 6.33. The summed E-state index contributed by atoms with van der Waals surface area (Å²) in [5.41, 5.74) is -1.61. The van der Waals surface area contributed by atoms with Gasteiger partial charge in [-0.25, -0.2) is 8.78 Å². The molecule has 0 spiro atoms. The lowest BCUT2D eigenvalue weighted by Crippen LogP contribution is -2.08. The maximum absolute atomic E-state index is 12.6. The molecule has 0 saturated carbocycles. The van der Waals surface area contributed by atoms with E-state index in [1.54, 1.807) is 0 Å². The van der Waals surface area contributed by atoms with Crippen LogP contribution >= 0.6 is 0 Å². The Hall–Kier alpha value is -1.13. The molecule has 0 radical (unpaired) electrons. The molecule has 0 amide bonds. The molecule has 0 fully saturated rings. The van der Waals surface area contributed by atoms with Crippen molar-refractivity contribution >= 4 is 0 Å². The predicted molar refractivity (Wildman–Crippen MR) is 36.2 cm³/mol. The lowest BCUT2D eigenvalue weighted by molar-refractivity contribution is -0.140. The van der Waals surface area contributed by atoms with Gasteiger partial charge < -0.3 is 0 Å². The van der Waals surface area contributed by atoms with Crippen molar-refractivity contribution in [3.8, 4) is 0 Å². The largest absolute Gasteiger partial charge is 0.419 e. The van der Waals surface area contributed by atoms with E-state index in [1.807, 2.05) is 0 Å². The summed E-state index contributed by atoms with van der Waals surface area (Å²) in [4.78, 5) is 0. The van der Waals surface area contributed by atoms with Crippen molar-refractivity contribution in [1.29, 1.82) is 0 Å². The second-order valence-electron chi connectivity index (χ2n) is 2.45. The quantitative estimate of drug-likeness (QED) is 0.604. The minimum absolute atomic E-state index is 0.186. The zero-order chi connectivity index (χ0) is 10.1. The van der Waals surface area contributed by atoms with Crippen molar-refractivity contribution in [3.05, 3.63) is 35.1 Å². The Balaban J connectivity index is 3.19. The van der Waals surface area contributed by atoms with Gasteiger partial charge in [0, 0.05) is 0 Å². The average molecular weight is 196 g/mol. The summed E-state index contributed by atoms with van der Waals surface area (Å²) in [6, 6.07) is 2.05. The molecule has 0 aliphatic heterocycles. The van der Waals surface area contributed by atoms with Gasteiger partial charge in [-0.2, -0.15) is 13.2 Å². The minimum Gasteiger partial charge on any atom is -0.246 e. The standard InChI is InChI=1S/C8H5F5/c9-4-5-1-2-7(10)6(3-5)8(11,12)13/h1-3H,4H2. The van der Waals surface area contributed by atoms with Crippen LogP contribution in [-0.2, 0) is 12.9 Å². The zero-order valence-electron chi connectivity index (χ0n) is 6.33. The molecule has 0 N–H and O–H groups in total. The third kappa shape index (κ3) is 2.17. The van der Waals surface area contributed by atoms with E-state index in [0.717, 1.165) is 6.07 Å². The van der Waals surface area contributed by atoms with Crippen LogP contribution in [0.15, 0.2) is 18.2 Å². The first-order chi connectivity index (χ1) is 5.95. The molecule has 0 heterocycles. The second kappa shape index (κ2) is 3.32. The Morgan fingerprint density at radius 2 is 1.77 bits per heavy atom. The highest BCUT2D eigenvalue weighted by Gasteiger charge is 2.34. The van der Waals surface area contributed by atoms with E-state index in [0.29, 0.717) is 12.1 Å². The average Bonchev–Trinajstić information content (AvgIpc) is 2.03. The Bertz CT molecular complexity index is 302. The van der Waals surface area contributed by atoms with Crippen LogP contribution in [0.2, 0.25) is 0 Å². The normalized spacial score (nSPS) is 11.8. The molecule has 0 unspecified atom stereocenters. The van der Waals surface area contributed by atoms with Crippen LogP contribution in [0.3, 0.4) is 0 Å². The molecule has 0 aliphatic rings. The summed E-state index contributed by atoms with van der Waals surface area (Å²) in [6.45, 7) is -1.04. The monoisotopic (exact) mass is 196 g/mol. The first-order valence-corrected chi connectivity index (χ1v) is 3.36. The lowest BCUT2D eigenvalue weighted by atomic mass is 10.1. The maximum atomic E-state index is 12.6. The van der Waals surface area contributed by atoms with Gasteiger partial charge in [-0.3, -0.25) is 0 Å². The van der Waals surface area contributed by atoms with Crippen molar-refractivity contribution in [2.45, 2.75) is 12.9 Å². The van der Waals surface area contributed by atoms with Gasteiger partial charge in [-0.05, 0) is 17.7 Å². The number of halogens is 5. The van der Waals surface area contributed by atoms with Crippen LogP contribution in [0.4, 0.5) is 22.0 Å². The summed E-state index contributed by atoms with van der Waals surface area (Å²) < 4.78 is 60.5. The predicted octanol–water partition coefficient (Wildman–Crippen LogP) is 3.31. The van der Waals surface area contributed by atoms with E-state index < -0.39 is 24.2 Å². The topological polar surface area (TPSA) is 0 Å². The first-order valence-electron chi connectivity index (χ1n) is 3.36. The molecule has 0 saturated heterocycles. The molecule has 0 bridgehead atoms. The summed E-state index contributed by atoms with van der Waals surface area (Å²) in [6.07, 6.45) is -4.77. The van der Waals surface area contributed by atoms with E-state index in [-0.39, 0.29) is 5.56 Å². The van der Waals surface area contributed by atoms with Crippen molar-refractivity contribution in [2.75, 3.05) is 0 Å². The third-order valence-electron chi connectivity index (χ3n) is 1.49. The van der Waals surface area contributed by atoms with Crippen LogP contribution < -0.4 is 0 Å². The fourth-order valence-electron chi connectivity index (χ4n) is 0.873. The molecule has 1 aromatic rings.